The summed E-state index contributed by atoms with van der Waals surface area (Å²) in [4.78, 5) is 18.5. The molecule has 0 unspecified atom stereocenters. The molecule has 3 heterocycles. The van der Waals surface area contributed by atoms with Gasteiger partial charge in [0.2, 0.25) is 21.9 Å². The van der Waals surface area contributed by atoms with Crippen molar-refractivity contribution in [2.45, 2.75) is 44.0 Å². The molecular formula is C26H28N6O3S. The SMILES string of the molecule is CC(C)(C)NS(=O)(=O)c1cccc(-c2ccc3cnc(Nc4cccc(N5CCCC5=O)c4)nn23)c1. The summed E-state index contributed by atoms with van der Waals surface area (Å²) in [5, 5.41) is 7.87. The van der Waals surface area contributed by atoms with Gasteiger partial charge in [-0.05, 0) is 69.7 Å². The molecule has 4 aromatic rings. The smallest absolute Gasteiger partial charge is 0.245 e. The van der Waals surface area contributed by atoms with Crippen LogP contribution in [0.2, 0.25) is 0 Å². The third kappa shape index (κ3) is 4.95. The molecule has 36 heavy (non-hydrogen) atoms. The lowest BCUT2D eigenvalue weighted by Crippen LogP contribution is -2.40. The predicted octanol–water partition coefficient (Wildman–Crippen LogP) is 4.34. The van der Waals surface area contributed by atoms with E-state index >= 15 is 0 Å². The number of hydrogen-bond acceptors (Lipinski definition) is 6. The minimum Gasteiger partial charge on any atom is -0.323 e. The van der Waals surface area contributed by atoms with Crippen LogP contribution in [0.3, 0.4) is 0 Å². The molecule has 0 bridgehead atoms. The fourth-order valence-electron chi connectivity index (χ4n) is 4.26. The number of carbonyl (C=O) groups is 1. The predicted molar refractivity (Wildman–Crippen MR) is 140 cm³/mol. The van der Waals surface area contributed by atoms with E-state index in [0.29, 0.717) is 17.9 Å². The lowest BCUT2D eigenvalue weighted by Gasteiger charge is -2.20. The summed E-state index contributed by atoms with van der Waals surface area (Å²) in [7, 11) is -3.68. The van der Waals surface area contributed by atoms with E-state index < -0.39 is 15.6 Å². The second kappa shape index (κ2) is 9.03. The van der Waals surface area contributed by atoms with Crippen LogP contribution in [-0.4, -0.2) is 41.0 Å². The molecule has 1 saturated heterocycles. The maximum Gasteiger partial charge on any atom is 0.245 e. The Kier molecular flexibility index (Phi) is 6.01. The molecule has 5 rings (SSSR count). The van der Waals surface area contributed by atoms with Crippen LogP contribution < -0.4 is 14.9 Å². The Morgan fingerprint density at radius 2 is 1.81 bits per heavy atom. The molecule has 0 radical (unpaired) electrons. The van der Waals surface area contributed by atoms with Crippen molar-refractivity contribution in [3.05, 3.63) is 66.9 Å². The Morgan fingerprint density at radius 1 is 1.00 bits per heavy atom. The number of anilines is 3. The van der Waals surface area contributed by atoms with Crippen molar-refractivity contribution in [1.29, 1.82) is 0 Å². The Balaban J connectivity index is 1.45. The van der Waals surface area contributed by atoms with Crippen molar-refractivity contribution >= 4 is 38.8 Å². The molecule has 2 aromatic heterocycles. The lowest BCUT2D eigenvalue weighted by atomic mass is 10.1. The van der Waals surface area contributed by atoms with E-state index in [2.05, 4.69) is 20.1 Å². The van der Waals surface area contributed by atoms with E-state index in [4.69, 9.17) is 0 Å². The second-order valence-electron chi connectivity index (χ2n) is 9.84. The molecule has 1 fully saturated rings. The average molecular weight is 505 g/mol. The molecule has 1 amide bonds. The van der Waals surface area contributed by atoms with Crippen molar-refractivity contribution in [1.82, 2.24) is 19.3 Å². The normalized spacial score (nSPS) is 14.5. The number of aromatic nitrogens is 3. The van der Waals surface area contributed by atoms with E-state index in [0.717, 1.165) is 35.6 Å². The first-order chi connectivity index (χ1) is 17.1. The minimum absolute atomic E-state index is 0.128. The van der Waals surface area contributed by atoms with Crippen LogP contribution in [0.4, 0.5) is 17.3 Å². The molecule has 0 aliphatic carbocycles. The number of sulfonamides is 1. The first-order valence-corrected chi connectivity index (χ1v) is 13.2. The summed E-state index contributed by atoms with van der Waals surface area (Å²) in [5.41, 5.74) is 3.23. The monoisotopic (exact) mass is 504 g/mol. The molecule has 10 heteroatoms. The minimum atomic E-state index is -3.68. The van der Waals surface area contributed by atoms with Crippen LogP contribution in [0.25, 0.3) is 16.8 Å². The molecule has 186 valence electrons. The van der Waals surface area contributed by atoms with Crippen molar-refractivity contribution in [3.8, 4) is 11.3 Å². The molecule has 0 spiro atoms. The van der Waals surface area contributed by atoms with Crippen molar-refractivity contribution < 1.29 is 13.2 Å². The summed E-state index contributed by atoms with van der Waals surface area (Å²) in [6.07, 6.45) is 3.14. The zero-order valence-electron chi connectivity index (χ0n) is 20.4. The third-order valence-corrected chi connectivity index (χ3v) is 7.52. The van der Waals surface area contributed by atoms with Gasteiger partial charge in [-0.15, -0.1) is 5.10 Å². The van der Waals surface area contributed by atoms with Crippen LogP contribution in [-0.2, 0) is 14.8 Å². The van der Waals surface area contributed by atoms with Gasteiger partial charge in [-0.25, -0.2) is 22.6 Å². The van der Waals surface area contributed by atoms with Gasteiger partial charge in [-0.1, -0.05) is 18.2 Å². The molecule has 2 N–H and O–H groups in total. The Hall–Kier alpha value is -3.76. The molecule has 1 aliphatic heterocycles. The number of nitrogens with zero attached hydrogens (tertiary/aromatic N) is 4. The molecule has 2 aromatic carbocycles. The standard InChI is InChI=1S/C26H28N6O3S/c1-26(2,3)30-36(34,35)22-10-4-7-18(15-22)23-13-12-21-17-27-25(29-32(21)23)28-19-8-5-9-20(16-19)31-14-6-11-24(31)33/h4-5,7-10,12-13,15-17,30H,6,11,14H2,1-3H3,(H,28,29). The molecule has 0 saturated carbocycles. The summed E-state index contributed by atoms with van der Waals surface area (Å²) in [6.45, 7) is 6.13. The van der Waals surface area contributed by atoms with Crippen molar-refractivity contribution in [2.75, 3.05) is 16.8 Å². The fraction of sp³-hybridized carbons (Fsp3) is 0.269. The highest BCUT2D eigenvalue weighted by molar-refractivity contribution is 7.89. The number of nitrogens with one attached hydrogen (secondary N) is 2. The van der Waals surface area contributed by atoms with Crippen LogP contribution >= 0.6 is 0 Å². The Labute approximate surface area is 210 Å². The van der Waals surface area contributed by atoms with Crippen LogP contribution in [0.15, 0.2) is 71.8 Å². The number of hydrogen-bond donors (Lipinski definition) is 2. The van der Waals surface area contributed by atoms with Gasteiger partial charge in [-0.2, -0.15) is 0 Å². The Bertz CT molecular complexity index is 1560. The fourth-order valence-corrected chi connectivity index (χ4v) is 5.73. The second-order valence-corrected chi connectivity index (χ2v) is 11.5. The first kappa shape index (κ1) is 24.0. The maximum absolute atomic E-state index is 12.9. The van der Waals surface area contributed by atoms with Crippen LogP contribution in [0.5, 0.6) is 0 Å². The number of fused-ring (bicyclic) bond motifs is 1. The number of benzene rings is 2. The van der Waals surface area contributed by atoms with Gasteiger partial charge in [0, 0.05) is 35.4 Å². The van der Waals surface area contributed by atoms with Gasteiger partial charge < -0.3 is 10.2 Å². The van der Waals surface area contributed by atoms with Crippen LogP contribution in [0, 0.1) is 0 Å². The van der Waals surface area contributed by atoms with Gasteiger partial charge in [-0.3, -0.25) is 4.79 Å². The molecular weight excluding hydrogens is 476 g/mol. The van der Waals surface area contributed by atoms with E-state index in [1.165, 1.54) is 0 Å². The van der Waals surface area contributed by atoms with Gasteiger partial charge >= 0.3 is 0 Å². The van der Waals surface area contributed by atoms with Crippen LogP contribution in [0.1, 0.15) is 33.6 Å². The largest absolute Gasteiger partial charge is 0.323 e. The molecule has 9 nitrogen and oxygen atoms in total. The van der Waals surface area contributed by atoms with Gasteiger partial charge in [0.15, 0.2) is 0 Å². The summed E-state index contributed by atoms with van der Waals surface area (Å²) < 4.78 is 30.1. The zero-order chi connectivity index (χ0) is 25.5. The van der Waals surface area contributed by atoms with Gasteiger partial charge in [0.05, 0.1) is 22.3 Å². The highest BCUT2D eigenvalue weighted by atomic mass is 32.2. The summed E-state index contributed by atoms with van der Waals surface area (Å²) >= 11 is 0. The summed E-state index contributed by atoms with van der Waals surface area (Å²) in [5.74, 6) is 0.506. The van der Waals surface area contributed by atoms with E-state index in [-0.39, 0.29) is 10.8 Å². The lowest BCUT2D eigenvalue weighted by molar-refractivity contribution is -0.117. The van der Waals surface area contributed by atoms with Gasteiger partial charge in [0.1, 0.15) is 0 Å². The van der Waals surface area contributed by atoms with E-state index in [1.54, 1.807) is 54.6 Å². The Morgan fingerprint density at radius 3 is 2.56 bits per heavy atom. The van der Waals surface area contributed by atoms with Crippen molar-refractivity contribution in [2.24, 2.45) is 0 Å². The number of carbonyl (C=O) groups excluding carboxylic acids is 1. The van der Waals surface area contributed by atoms with Crippen molar-refractivity contribution in [3.63, 3.8) is 0 Å². The highest BCUT2D eigenvalue weighted by Gasteiger charge is 2.23. The topological polar surface area (TPSA) is 109 Å². The molecule has 0 atom stereocenters. The van der Waals surface area contributed by atoms with Gasteiger partial charge in [0.25, 0.3) is 0 Å². The molecule has 1 aliphatic rings. The number of rotatable bonds is 6. The summed E-state index contributed by atoms with van der Waals surface area (Å²) in [6, 6.07) is 18.2. The zero-order valence-corrected chi connectivity index (χ0v) is 21.2. The first-order valence-electron chi connectivity index (χ1n) is 11.8. The van der Waals surface area contributed by atoms with E-state index in [9.17, 15) is 13.2 Å². The quantitative estimate of drug-likeness (QED) is 0.404. The highest BCUT2D eigenvalue weighted by Crippen LogP contribution is 2.27. The average Bonchev–Trinajstić information content (AvgIpc) is 3.44. The maximum atomic E-state index is 12.9. The number of amides is 1. The van der Waals surface area contributed by atoms with E-state index in [1.807, 2.05) is 42.5 Å². The third-order valence-electron chi connectivity index (χ3n) is 5.77.